The molecule has 3 heteroatoms. The molecule has 0 saturated carbocycles. The molecular formula is C72H47N3. The Labute approximate surface area is 434 Å². The van der Waals surface area contributed by atoms with Crippen LogP contribution >= 0.6 is 0 Å². The van der Waals surface area contributed by atoms with E-state index in [2.05, 4.69) is 299 Å². The summed E-state index contributed by atoms with van der Waals surface area (Å²) in [5.41, 5.74) is 22.1. The molecule has 3 aromatic heterocycles. The predicted molar refractivity (Wildman–Crippen MR) is 317 cm³/mol. The molecule has 3 heterocycles. The molecule has 75 heavy (non-hydrogen) atoms. The first kappa shape index (κ1) is 42.7. The number of hydrogen-bond donors (Lipinski definition) is 0. The van der Waals surface area contributed by atoms with E-state index in [0.29, 0.717) is 0 Å². The number of rotatable bonds is 8. The summed E-state index contributed by atoms with van der Waals surface area (Å²) in [6.45, 7) is 0. The molecular weight excluding hydrogens is 907 g/mol. The maximum Gasteiger partial charge on any atom is 0.0562 e. The molecule has 0 N–H and O–H groups in total. The molecule has 0 fully saturated rings. The standard InChI is InChI=1S/C72H47N3/c1-3-22-48(23-4-1)52-26-7-9-28-54(52)50-42-44-68-61(46-50)62-47-51(55-29-10-8-27-53(55)49-24-5-2-6-25-49)43-45-69(62)75(68)71-41-21-40-70(74-65-37-18-13-32-58(65)59-33-14-19-38-66(59)74)72(71)60-34-15-20-39-67(60)73-63-35-16-11-30-56(63)57-31-12-17-36-64(57)73/h1-47H. The third kappa shape index (κ3) is 6.75. The molecule has 0 bridgehead atoms. The van der Waals surface area contributed by atoms with Crippen LogP contribution in [-0.2, 0) is 0 Å². The van der Waals surface area contributed by atoms with Gasteiger partial charge in [0, 0.05) is 43.4 Å². The molecule has 0 spiro atoms. The van der Waals surface area contributed by atoms with Crippen molar-refractivity contribution in [3.8, 4) is 72.7 Å². The van der Waals surface area contributed by atoms with E-state index in [4.69, 9.17) is 0 Å². The minimum Gasteiger partial charge on any atom is -0.309 e. The van der Waals surface area contributed by atoms with Gasteiger partial charge in [-0.25, -0.2) is 0 Å². The summed E-state index contributed by atoms with van der Waals surface area (Å²) in [6.07, 6.45) is 0. The number of para-hydroxylation sites is 5. The highest BCUT2D eigenvalue weighted by Gasteiger charge is 2.26. The molecule has 0 unspecified atom stereocenters. The van der Waals surface area contributed by atoms with Gasteiger partial charge < -0.3 is 13.7 Å². The van der Waals surface area contributed by atoms with Crippen LogP contribution in [0.15, 0.2) is 285 Å². The topological polar surface area (TPSA) is 14.8 Å². The number of aromatic nitrogens is 3. The van der Waals surface area contributed by atoms with Crippen molar-refractivity contribution in [2.75, 3.05) is 0 Å². The van der Waals surface area contributed by atoms with E-state index in [1.54, 1.807) is 0 Å². The van der Waals surface area contributed by atoms with Gasteiger partial charge >= 0.3 is 0 Å². The zero-order valence-corrected chi connectivity index (χ0v) is 41.0. The summed E-state index contributed by atoms with van der Waals surface area (Å²) >= 11 is 0. The zero-order valence-electron chi connectivity index (χ0n) is 41.0. The first-order valence-electron chi connectivity index (χ1n) is 25.8. The van der Waals surface area contributed by atoms with Gasteiger partial charge in [-0.15, -0.1) is 0 Å². The SMILES string of the molecule is c1ccc(-c2ccccc2-c2ccc3c(c2)c2cc(-c4ccccc4-c4ccccc4)ccc2n3-c2cccc(-n3c4ccccc4c4ccccc43)c2-c2ccccc2-n2c3ccccc3c3ccccc32)cc1. The molecule has 0 saturated heterocycles. The van der Waals surface area contributed by atoms with Gasteiger partial charge in [0.1, 0.15) is 0 Å². The van der Waals surface area contributed by atoms with E-state index in [9.17, 15) is 0 Å². The van der Waals surface area contributed by atoms with Crippen molar-refractivity contribution in [3.05, 3.63) is 285 Å². The van der Waals surface area contributed by atoms with Crippen LogP contribution in [0, 0.1) is 0 Å². The van der Waals surface area contributed by atoms with Crippen LogP contribution in [-0.4, -0.2) is 13.7 Å². The van der Waals surface area contributed by atoms with Crippen molar-refractivity contribution >= 4 is 65.4 Å². The molecule has 15 rings (SSSR count). The third-order valence-corrected chi connectivity index (χ3v) is 15.5. The Hall–Kier alpha value is -9.96. The Morgan fingerprint density at radius 1 is 0.173 bits per heavy atom. The maximum atomic E-state index is 2.54. The Morgan fingerprint density at radius 3 is 0.880 bits per heavy atom. The van der Waals surface area contributed by atoms with Crippen molar-refractivity contribution < 1.29 is 0 Å². The summed E-state index contributed by atoms with van der Waals surface area (Å²) < 4.78 is 7.52. The Kier molecular flexibility index (Phi) is 9.89. The third-order valence-electron chi connectivity index (χ3n) is 15.5. The minimum atomic E-state index is 1.09. The normalized spacial score (nSPS) is 11.7. The average Bonchev–Trinajstić information content (AvgIpc) is 4.17. The minimum absolute atomic E-state index is 1.09. The lowest BCUT2D eigenvalue weighted by molar-refractivity contribution is 1.13. The molecule has 0 amide bonds. The second-order valence-corrected chi connectivity index (χ2v) is 19.6. The van der Waals surface area contributed by atoms with Crippen LogP contribution in [0.5, 0.6) is 0 Å². The first-order valence-corrected chi connectivity index (χ1v) is 25.8. The van der Waals surface area contributed by atoms with Crippen molar-refractivity contribution in [1.82, 2.24) is 13.7 Å². The van der Waals surface area contributed by atoms with Crippen LogP contribution in [0.1, 0.15) is 0 Å². The van der Waals surface area contributed by atoms with Crippen LogP contribution < -0.4 is 0 Å². The van der Waals surface area contributed by atoms with Crippen LogP contribution in [0.4, 0.5) is 0 Å². The van der Waals surface area contributed by atoms with Crippen molar-refractivity contribution in [2.24, 2.45) is 0 Å². The molecule has 0 radical (unpaired) electrons. The van der Waals surface area contributed by atoms with Gasteiger partial charge in [-0.2, -0.15) is 0 Å². The molecule has 15 aromatic rings. The second-order valence-electron chi connectivity index (χ2n) is 19.6. The average molecular weight is 954 g/mol. The maximum absolute atomic E-state index is 2.54. The summed E-state index contributed by atoms with van der Waals surface area (Å²) in [6, 6.07) is 105. The van der Waals surface area contributed by atoms with E-state index in [1.807, 2.05) is 0 Å². The fraction of sp³-hybridized carbons (Fsp3) is 0. The lowest BCUT2D eigenvalue weighted by atomic mass is 9.92. The first-order chi connectivity index (χ1) is 37.3. The molecule has 12 aromatic carbocycles. The van der Waals surface area contributed by atoms with Crippen molar-refractivity contribution in [1.29, 1.82) is 0 Å². The molecule has 0 aliphatic carbocycles. The van der Waals surface area contributed by atoms with Gasteiger partial charge in [-0.3, -0.25) is 0 Å². The number of benzene rings is 12. The lowest BCUT2D eigenvalue weighted by Gasteiger charge is -2.23. The lowest BCUT2D eigenvalue weighted by Crippen LogP contribution is -2.06. The van der Waals surface area contributed by atoms with Gasteiger partial charge in [-0.05, 0) is 111 Å². The van der Waals surface area contributed by atoms with Crippen LogP contribution in [0.3, 0.4) is 0 Å². The molecule has 0 atom stereocenters. The highest BCUT2D eigenvalue weighted by molar-refractivity contribution is 6.15. The zero-order chi connectivity index (χ0) is 49.4. The summed E-state index contributed by atoms with van der Waals surface area (Å²) in [7, 11) is 0. The van der Waals surface area contributed by atoms with Gasteiger partial charge in [0.05, 0.1) is 50.2 Å². The number of hydrogen-bond acceptors (Lipinski definition) is 0. The monoisotopic (exact) mass is 953 g/mol. The quantitative estimate of drug-likeness (QED) is 0.144. The highest BCUT2D eigenvalue weighted by Crippen LogP contribution is 2.47. The van der Waals surface area contributed by atoms with Gasteiger partial charge in [0.15, 0.2) is 0 Å². The second kappa shape index (κ2) is 17.4. The molecule has 0 aliphatic rings. The summed E-state index contributed by atoms with van der Waals surface area (Å²) in [5.74, 6) is 0. The van der Waals surface area contributed by atoms with Gasteiger partial charge in [0.2, 0.25) is 0 Å². The van der Waals surface area contributed by atoms with E-state index in [0.717, 1.165) is 50.3 Å². The Bertz CT molecular complexity index is 4460. The molecule has 350 valence electrons. The Balaban J connectivity index is 1.07. The summed E-state index contributed by atoms with van der Waals surface area (Å²) in [5, 5.41) is 7.29. The smallest absolute Gasteiger partial charge is 0.0562 e. The molecule has 0 aliphatic heterocycles. The fourth-order valence-electron chi connectivity index (χ4n) is 12.2. The van der Waals surface area contributed by atoms with Crippen molar-refractivity contribution in [2.45, 2.75) is 0 Å². The van der Waals surface area contributed by atoms with Crippen LogP contribution in [0.2, 0.25) is 0 Å². The Morgan fingerprint density at radius 2 is 0.467 bits per heavy atom. The van der Waals surface area contributed by atoms with Crippen LogP contribution in [0.25, 0.3) is 138 Å². The largest absolute Gasteiger partial charge is 0.309 e. The molecule has 3 nitrogen and oxygen atoms in total. The van der Waals surface area contributed by atoms with Gasteiger partial charge in [0.25, 0.3) is 0 Å². The highest BCUT2D eigenvalue weighted by atomic mass is 15.0. The predicted octanol–water partition coefficient (Wildman–Crippen LogP) is 19.3. The number of nitrogens with zero attached hydrogens (tertiary/aromatic N) is 3. The van der Waals surface area contributed by atoms with E-state index < -0.39 is 0 Å². The van der Waals surface area contributed by atoms with E-state index in [1.165, 1.54) is 87.9 Å². The van der Waals surface area contributed by atoms with E-state index >= 15 is 0 Å². The van der Waals surface area contributed by atoms with Crippen molar-refractivity contribution in [3.63, 3.8) is 0 Å². The van der Waals surface area contributed by atoms with Gasteiger partial charge in [-0.1, -0.05) is 218 Å². The van der Waals surface area contributed by atoms with E-state index in [-0.39, 0.29) is 0 Å². The summed E-state index contributed by atoms with van der Waals surface area (Å²) in [4.78, 5) is 0. The fourth-order valence-corrected chi connectivity index (χ4v) is 12.2. The number of fused-ring (bicyclic) bond motifs is 9.